The lowest BCUT2D eigenvalue weighted by molar-refractivity contribution is -0.142. The fourth-order valence-electron chi connectivity index (χ4n) is 2.34. The van der Waals surface area contributed by atoms with Gasteiger partial charge in [0.15, 0.2) is 0 Å². The van der Waals surface area contributed by atoms with Crippen LogP contribution < -0.4 is 4.74 Å². The van der Waals surface area contributed by atoms with Crippen molar-refractivity contribution in [3.8, 4) is 5.75 Å². The van der Waals surface area contributed by atoms with E-state index in [1.807, 2.05) is 30.3 Å². The van der Waals surface area contributed by atoms with Crippen LogP contribution in [0.4, 0.5) is 0 Å². The predicted octanol–water partition coefficient (Wildman–Crippen LogP) is 2.33. The zero-order chi connectivity index (χ0) is 16.7. The van der Waals surface area contributed by atoms with Gasteiger partial charge in [-0.1, -0.05) is 24.3 Å². The number of hydrogen-bond acceptors (Lipinski definition) is 5. The molecule has 0 saturated heterocycles. The molecule has 1 aliphatic carbocycles. The summed E-state index contributed by atoms with van der Waals surface area (Å²) < 4.78 is 15.4. The minimum atomic E-state index is -0.774. The molecule has 0 bridgehead atoms. The van der Waals surface area contributed by atoms with E-state index in [2.05, 4.69) is 4.74 Å². The first-order chi connectivity index (χ1) is 11.1. The molecule has 3 atom stereocenters. The number of ether oxygens (including phenoxy) is 3. The smallest absolute Gasteiger partial charge is 0.308 e. The zero-order valence-corrected chi connectivity index (χ0v) is 13.6. The Morgan fingerprint density at radius 1 is 1.35 bits per heavy atom. The van der Waals surface area contributed by atoms with Crippen LogP contribution in [0.1, 0.15) is 18.4 Å². The first kappa shape index (κ1) is 17.5. The van der Waals surface area contributed by atoms with Crippen molar-refractivity contribution in [2.45, 2.75) is 25.6 Å². The third kappa shape index (κ3) is 6.04. The van der Waals surface area contributed by atoms with Crippen molar-refractivity contribution in [2.24, 2.45) is 11.8 Å². The summed E-state index contributed by atoms with van der Waals surface area (Å²) in [6, 6.07) is 7.83. The van der Waals surface area contributed by atoms with Gasteiger partial charge in [0.25, 0.3) is 0 Å². The Balaban J connectivity index is 1.62. The van der Waals surface area contributed by atoms with Gasteiger partial charge in [-0.3, -0.25) is 4.79 Å². The highest BCUT2D eigenvalue weighted by molar-refractivity contribution is 5.70. The zero-order valence-electron chi connectivity index (χ0n) is 13.6. The highest BCUT2D eigenvalue weighted by Gasteiger charge is 2.34. The van der Waals surface area contributed by atoms with E-state index in [9.17, 15) is 9.90 Å². The molecule has 0 radical (unpaired) electrons. The van der Waals surface area contributed by atoms with Crippen molar-refractivity contribution in [3.63, 3.8) is 0 Å². The van der Waals surface area contributed by atoms with Gasteiger partial charge in [0, 0.05) is 0 Å². The number of carbonyl (C=O) groups excluding carboxylic acids is 1. The minimum Gasteiger partial charge on any atom is -0.497 e. The normalized spacial score (nSPS) is 21.2. The predicted molar refractivity (Wildman–Crippen MR) is 86.0 cm³/mol. The summed E-state index contributed by atoms with van der Waals surface area (Å²) >= 11 is 0. The molecule has 5 heteroatoms. The molecule has 0 aliphatic heterocycles. The molecule has 1 aromatic rings. The van der Waals surface area contributed by atoms with Crippen molar-refractivity contribution in [2.75, 3.05) is 20.8 Å². The average molecular weight is 320 g/mol. The van der Waals surface area contributed by atoms with Gasteiger partial charge < -0.3 is 19.3 Å². The second kappa shape index (κ2) is 8.70. The second-order valence-corrected chi connectivity index (χ2v) is 5.76. The first-order valence-electron chi connectivity index (χ1n) is 7.76. The van der Waals surface area contributed by atoms with Crippen LogP contribution in [0.15, 0.2) is 36.4 Å². The van der Waals surface area contributed by atoms with Gasteiger partial charge in [0.05, 0.1) is 40.0 Å². The van der Waals surface area contributed by atoms with E-state index in [4.69, 9.17) is 9.47 Å². The Bertz CT molecular complexity index is 523. The molecule has 1 fully saturated rings. The SMILES string of the molecule is COC(=O)C[C@@H](O)/C=C/[C@@H]1C[C@@H]1COCc1ccc(OC)cc1. The molecular weight excluding hydrogens is 296 g/mol. The number of allylic oxidation sites excluding steroid dienone is 1. The van der Waals surface area contributed by atoms with E-state index in [-0.39, 0.29) is 6.42 Å². The minimum absolute atomic E-state index is 0.00163. The molecule has 1 aliphatic rings. The molecule has 1 aromatic carbocycles. The number of aliphatic hydroxyl groups is 1. The molecule has 0 spiro atoms. The summed E-state index contributed by atoms with van der Waals surface area (Å²) in [6.07, 6.45) is 3.92. The Hall–Kier alpha value is -1.85. The summed E-state index contributed by atoms with van der Waals surface area (Å²) in [5, 5.41) is 9.65. The summed E-state index contributed by atoms with van der Waals surface area (Å²) in [6.45, 7) is 1.29. The monoisotopic (exact) mass is 320 g/mol. The highest BCUT2D eigenvalue weighted by Crippen LogP contribution is 2.40. The lowest BCUT2D eigenvalue weighted by atomic mass is 10.2. The molecule has 0 heterocycles. The molecule has 0 aromatic heterocycles. The number of hydrogen-bond donors (Lipinski definition) is 1. The lowest BCUT2D eigenvalue weighted by Crippen LogP contribution is -2.11. The number of aliphatic hydroxyl groups excluding tert-OH is 1. The van der Waals surface area contributed by atoms with Crippen LogP contribution in [0.5, 0.6) is 5.75 Å². The Morgan fingerprint density at radius 2 is 2.09 bits per heavy atom. The lowest BCUT2D eigenvalue weighted by Gasteiger charge is -2.05. The highest BCUT2D eigenvalue weighted by atomic mass is 16.5. The van der Waals surface area contributed by atoms with Gasteiger partial charge in [-0.2, -0.15) is 0 Å². The van der Waals surface area contributed by atoms with Gasteiger partial charge in [0.2, 0.25) is 0 Å². The Kier molecular flexibility index (Phi) is 6.62. The Labute approximate surface area is 136 Å². The summed E-state index contributed by atoms with van der Waals surface area (Å²) in [5.74, 6) is 1.36. The van der Waals surface area contributed by atoms with Crippen LogP contribution in [-0.2, 0) is 20.9 Å². The quantitative estimate of drug-likeness (QED) is 0.559. The van der Waals surface area contributed by atoms with Gasteiger partial charge in [0.1, 0.15) is 5.75 Å². The molecule has 2 rings (SSSR count). The van der Waals surface area contributed by atoms with Crippen LogP contribution in [-0.4, -0.2) is 38.0 Å². The van der Waals surface area contributed by atoms with Crippen molar-refractivity contribution < 1.29 is 24.1 Å². The van der Waals surface area contributed by atoms with Crippen molar-refractivity contribution in [1.29, 1.82) is 0 Å². The molecule has 0 amide bonds. The molecule has 23 heavy (non-hydrogen) atoms. The number of rotatable bonds is 9. The van der Waals surface area contributed by atoms with Gasteiger partial charge in [-0.15, -0.1) is 0 Å². The van der Waals surface area contributed by atoms with Crippen LogP contribution in [0, 0.1) is 11.8 Å². The van der Waals surface area contributed by atoms with Crippen molar-refractivity contribution >= 4 is 5.97 Å². The third-order valence-corrected chi connectivity index (χ3v) is 3.92. The molecule has 1 N–H and O–H groups in total. The van der Waals surface area contributed by atoms with E-state index >= 15 is 0 Å². The number of benzene rings is 1. The summed E-state index contributed by atoms with van der Waals surface area (Å²) in [7, 11) is 2.96. The van der Waals surface area contributed by atoms with Gasteiger partial charge >= 0.3 is 5.97 Å². The Morgan fingerprint density at radius 3 is 2.74 bits per heavy atom. The second-order valence-electron chi connectivity index (χ2n) is 5.76. The van der Waals surface area contributed by atoms with Crippen LogP contribution >= 0.6 is 0 Å². The summed E-state index contributed by atoms with van der Waals surface area (Å²) in [4.78, 5) is 11.0. The third-order valence-electron chi connectivity index (χ3n) is 3.92. The fraction of sp³-hybridized carbons (Fsp3) is 0.500. The molecule has 0 unspecified atom stereocenters. The van der Waals surface area contributed by atoms with E-state index in [0.29, 0.717) is 25.0 Å². The van der Waals surface area contributed by atoms with E-state index in [0.717, 1.165) is 17.7 Å². The topological polar surface area (TPSA) is 65.0 Å². The van der Waals surface area contributed by atoms with Gasteiger partial charge in [-0.25, -0.2) is 0 Å². The van der Waals surface area contributed by atoms with Crippen molar-refractivity contribution in [3.05, 3.63) is 42.0 Å². The first-order valence-corrected chi connectivity index (χ1v) is 7.76. The molecular formula is C18H24O5. The maximum absolute atomic E-state index is 11.0. The largest absolute Gasteiger partial charge is 0.497 e. The number of carbonyl (C=O) groups is 1. The maximum atomic E-state index is 11.0. The van der Waals surface area contributed by atoms with Crippen molar-refractivity contribution in [1.82, 2.24) is 0 Å². The molecule has 1 saturated carbocycles. The number of methoxy groups -OCH3 is 2. The van der Waals surface area contributed by atoms with Crippen LogP contribution in [0.2, 0.25) is 0 Å². The van der Waals surface area contributed by atoms with Gasteiger partial charge in [-0.05, 0) is 36.0 Å². The van der Waals surface area contributed by atoms with Crippen LogP contribution in [0.25, 0.3) is 0 Å². The molecule has 126 valence electrons. The number of esters is 1. The summed E-state index contributed by atoms with van der Waals surface area (Å²) in [5.41, 5.74) is 1.12. The fourth-order valence-corrected chi connectivity index (χ4v) is 2.34. The maximum Gasteiger partial charge on any atom is 0.308 e. The van der Waals surface area contributed by atoms with Crippen LogP contribution in [0.3, 0.4) is 0 Å². The standard InChI is InChI=1S/C18H24O5/c1-21-17-7-3-13(4-8-17)11-23-12-15-9-14(15)5-6-16(19)10-18(20)22-2/h3-8,14-16,19H,9-12H2,1-2H3/b6-5+/t14-,15-,16+/m1/s1. The average Bonchev–Trinajstić information content (AvgIpc) is 3.32. The van der Waals surface area contributed by atoms with E-state index in [1.54, 1.807) is 13.2 Å². The molecule has 5 nitrogen and oxygen atoms in total. The van der Waals surface area contributed by atoms with E-state index < -0.39 is 12.1 Å². The van der Waals surface area contributed by atoms with E-state index in [1.165, 1.54) is 7.11 Å².